The number of furan rings is 1. The standard InChI is InChI=1S/C19H22N2O3/c1-13-10-21(16-7-5-4-6-15(13)16)11-18(22)20-12-19(3,23)17-9-8-14(2)24-17/h4-10,23H,11-12H2,1-3H3,(H,20,22). The molecule has 0 fully saturated rings. The fourth-order valence-corrected chi connectivity index (χ4v) is 2.85. The van der Waals surface area contributed by atoms with Crippen LogP contribution in [-0.2, 0) is 16.9 Å². The lowest BCUT2D eigenvalue weighted by atomic mass is 10.0. The average molecular weight is 326 g/mol. The second-order valence-electron chi connectivity index (χ2n) is 6.42. The molecule has 1 unspecified atom stereocenters. The molecular weight excluding hydrogens is 304 g/mol. The Morgan fingerprint density at radius 1 is 1.25 bits per heavy atom. The van der Waals surface area contributed by atoms with E-state index in [9.17, 15) is 9.90 Å². The van der Waals surface area contributed by atoms with Gasteiger partial charge in [0.25, 0.3) is 0 Å². The molecule has 1 atom stereocenters. The number of para-hydroxylation sites is 1. The Morgan fingerprint density at radius 2 is 2.00 bits per heavy atom. The van der Waals surface area contributed by atoms with Crippen LogP contribution in [0.2, 0.25) is 0 Å². The highest BCUT2D eigenvalue weighted by molar-refractivity contribution is 5.86. The van der Waals surface area contributed by atoms with E-state index in [-0.39, 0.29) is 19.0 Å². The number of carbonyl (C=O) groups excluding carboxylic acids is 1. The molecule has 3 rings (SSSR count). The topological polar surface area (TPSA) is 67.4 Å². The fourth-order valence-electron chi connectivity index (χ4n) is 2.85. The van der Waals surface area contributed by atoms with Gasteiger partial charge in [-0.25, -0.2) is 0 Å². The van der Waals surface area contributed by atoms with E-state index in [4.69, 9.17) is 4.42 Å². The number of rotatable bonds is 5. The van der Waals surface area contributed by atoms with E-state index in [1.807, 2.05) is 48.9 Å². The third kappa shape index (κ3) is 3.21. The molecule has 1 aromatic carbocycles. The van der Waals surface area contributed by atoms with Crippen molar-refractivity contribution in [3.8, 4) is 0 Å². The molecule has 0 saturated heterocycles. The van der Waals surface area contributed by atoms with Crippen LogP contribution in [0.25, 0.3) is 10.9 Å². The predicted molar refractivity (Wildman–Crippen MR) is 92.7 cm³/mol. The summed E-state index contributed by atoms with van der Waals surface area (Å²) < 4.78 is 7.38. The van der Waals surface area contributed by atoms with E-state index in [0.29, 0.717) is 5.76 Å². The Morgan fingerprint density at radius 3 is 2.71 bits per heavy atom. The van der Waals surface area contributed by atoms with Gasteiger partial charge in [-0.05, 0) is 44.5 Å². The van der Waals surface area contributed by atoms with Gasteiger partial charge in [0.2, 0.25) is 5.91 Å². The molecule has 3 aromatic rings. The van der Waals surface area contributed by atoms with Crippen LogP contribution in [0.4, 0.5) is 0 Å². The van der Waals surface area contributed by atoms with Gasteiger partial charge in [0.05, 0.1) is 6.54 Å². The number of carbonyl (C=O) groups is 1. The van der Waals surface area contributed by atoms with Crippen molar-refractivity contribution >= 4 is 16.8 Å². The number of benzene rings is 1. The van der Waals surface area contributed by atoms with Gasteiger partial charge in [0.15, 0.2) is 0 Å². The number of hydrogen-bond acceptors (Lipinski definition) is 3. The SMILES string of the molecule is Cc1ccc(C(C)(O)CNC(=O)Cn2cc(C)c3ccccc32)o1. The summed E-state index contributed by atoms with van der Waals surface area (Å²) in [6.45, 7) is 5.78. The molecule has 0 radical (unpaired) electrons. The minimum Gasteiger partial charge on any atom is -0.463 e. The third-order valence-electron chi connectivity index (χ3n) is 4.20. The van der Waals surface area contributed by atoms with Crippen LogP contribution in [0.15, 0.2) is 47.0 Å². The molecule has 0 saturated carbocycles. The van der Waals surface area contributed by atoms with Crippen LogP contribution in [0.5, 0.6) is 0 Å². The zero-order valence-corrected chi connectivity index (χ0v) is 14.2. The molecule has 2 N–H and O–H groups in total. The second kappa shape index (κ2) is 6.17. The molecule has 0 aliphatic heterocycles. The van der Waals surface area contributed by atoms with Crippen molar-refractivity contribution in [3.63, 3.8) is 0 Å². The summed E-state index contributed by atoms with van der Waals surface area (Å²) in [6.07, 6.45) is 1.97. The minimum atomic E-state index is -1.24. The summed E-state index contributed by atoms with van der Waals surface area (Å²) in [5.74, 6) is 1.02. The van der Waals surface area contributed by atoms with Crippen LogP contribution < -0.4 is 5.32 Å². The van der Waals surface area contributed by atoms with Crippen molar-refractivity contribution in [2.45, 2.75) is 32.9 Å². The van der Waals surface area contributed by atoms with Crippen molar-refractivity contribution in [1.29, 1.82) is 0 Å². The smallest absolute Gasteiger partial charge is 0.240 e. The summed E-state index contributed by atoms with van der Waals surface area (Å²) in [5, 5.41) is 14.4. The summed E-state index contributed by atoms with van der Waals surface area (Å²) in [7, 11) is 0. The molecule has 126 valence electrons. The van der Waals surface area contributed by atoms with Crippen LogP contribution in [0, 0.1) is 13.8 Å². The second-order valence-corrected chi connectivity index (χ2v) is 6.42. The molecular formula is C19H22N2O3. The van der Waals surface area contributed by atoms with Crippen molar-refractivity contribution < 1.29 is 14.3 Å². The van der Waals surface area contributed by atoms with Crippen molar-refractivity contribution in [2.24, 2.45) is 0 Å². The van der Waals surface area contributed by atoms with Crippen molar-refractivity contribution in [1.82, 2.24) is 9.88 Å². The summed E-state index contributed by atoms with van der Waals surface area (Å²) in [6, 6.07) is 11.5. The average Bonchev–Trinajstić information content (AvgIpc) is 3.11. The van der Waals surface area contributed by atoms with Crippen molar-refractivity contribution in [2.75, 3.05) is 6.54 Å². The molecule has 2 aromatic heterocycles. The maximum atomic E-state index is 12.3. The Bertz CT molecular complexity index is 874. The van der Waals surface area contributed by atoms with Gasteiger partial charge < -0.3 is 19.4 Å². The Balaban J connectivity index is 1.67. The van der Waals surface area contributed by atoms with E-state index in [1.54, 1.807) is 19.1 Å². The summed E-state index contributed by atoms with van der Waals surface area (Å²) in [4.78, 5) is 12.3. The van der Waals surface area contributed by atoms with E-state index >= 15 is 0 Å². The fraction of sp³-hybridized carbons (Fsp3) is 0.316. The molecule has 5 nitrogen and oxygen atoms in total. The highest BCUT2D eigenvalue weighted by Gasteiger charge is 2.27. The Hall–Kier alpha value is -2.53. The molecule has 0 aliphatic carbocycles. The van der Waals surface area contributed by atoms with Crippen LogP contribution in [0.1, 0.15) is 24.0 Å². The van der Waals surface area contributed by atoms with Gasteiger partial charge in [-0.2, -0.15) is 0 Å². The van der Waals surface area contributed by atoms with Gasteiger partial charge in [-0.15, -0.1) is 0 Å². The number of amides is 1. The number of fused-ring (bicyclic) bond motifs is 1. The number of aromatic nitrogens is 1. The molecule has 1 amide bonds. The van der Waals surface area contributed by atoms with Crippen LogP contribution in [-0.4, -0.2) is 22.1 Å². The maximum Gasteiger partial charge on any atom is 0.240 e. The Kier molecular flexibility index (Phi) is 4.20. The zero-order chi connectivity index (χ0) is 17.3. The predicted octanol–water partition coefficient (Wildman–Crippen LogP) is 2.88. The molecule has 0 spiro atoms. The van der Waals surface area contributed by atoms with E-state index < -0.39 is 5.60 Å². The molecule has 5 heteroatoms. The monoisotopic (exact) mass is 326 g/mol. The number of aliphatic hydroxyl groups is 1. The highest BCUT2D eigenvalue weighted by Crippen LogP contribution is 2.22. The van der Waals surface area contributed by atoms with Crippen LogP contribution >= 0.6 is 0 Å². The van der Waals surface area contributed by atoms with Crippen LogP contribution in [0.3, 0.4) is 0 Å². The zero-order valence-electron chi connectivity index (χ0n) is 14.2. The van der Waals surface area contributed by atoms with Gasteiger partial charge in [-0.1, -0.05) is 18.2 Å². The quantitative estimate of drug-likeness (QED) is 0.757. The number of hydrogen-bond donors (Lipinski definition) is 2. The van der Waals surface area contributed by atoms with Gasteiger partial charge in [0.1, 0.15) is 23.7 Å². The molecule has 0 aliphatic rings. The first kappa shape index (κ1) is 16.3. The van der Waals surface area contributed by atoms with Crippen molar-refractivity contribution in [3.05, 3.63) is 59.7 Å². The first-order chi connectivity index (χ1) is 11.4. The minimum absolute atomic E-state index is 0.0942. The maximum absolute atomic E-state index is 12.3. The number of nitrogens with zero attached hydrogens (tertiary/aromatic N) is 1. The molecule has 2 heterocycles. The number of nitrogens with one attached hydrogen (secondary N) is 1. The van der Waals surface area contributed by atoms with E-state index in [1.165, 1.54) is 0 Å². The lowest BCUT2D eigenvalue weighted by Crippen LogP contribution is -2.39. The lowest BCUT2D eigenvalue weighted by molar-refractivity contribution is -0.123. The van der Waals surface area contributed by atoms with Gasteiger partial charge in [0, 0.05) is 17.1 Å². The summed E-state index contributed by atoms with van der Waals surface area (Å²) >= 11 is 0. The van der Waals surface area contributed by atoms with Gasteiger partial charge in [-0.3, -0.25) is 4.79 Å². The number of aryl methyl sites for hydroxylation is 2. The van der Waals surface area contributed by atoms with Gasteiger partial charge >= 0.3 is 0 Å². The first-order valence-electron chi connectivity index (χ1n) is 7.97. The van der Waals surface area contributed by atoms with E-state index in [2.05, 4.69) is 5.32 Å². The largest absolute Gasteiger partial charge is 0.463 e. The molecule has 24 heavy (non-hydrogen) atoms. The lowest BCUT2D eigenvalue weighted by Gasteiger charge is -2.21. The third-order valence-corrected chi connectivity index (χ3v) is 4.20. The van der Waals surface area contributed by atoms with E-state index in [0.717, 1.165) is 22.2 Å². The summed E-state index contributed by atoms with van der Waals surface area (Å²) in [5.41, 5.74) is 0.925. The first-order valence-corrected chi connectivity index (χ1v) is 7.97. The molecule has 0 bridgehead atoms. The normalized spacial score (nSPS) is 13.8. The Labute approximate surface area is 140 Å². The highest BCUT2D eigenvalue weighted by atomic mass is 16.4.